The van der Waals surface area contributed by atoms with Gasteiger partial charge in [0.15, 0.2) is 0 Å². The van der Waals surface area contributed by atoms with E-state index in [0.29, 0.717) is 0 Å². The van der Waals surface area contributed by atoms with E-state index in [1.165, 1.54) is 5.56 Å². The highest BCUT2D eigenvalue weighted by Crippen LogP contribution is 2.32. The van der Waals surface area contributed by atoms with Crippen molar-refractivity contribution in [3.63, 3.8) is 0 Å². The lowest BCUT2D eigenvalue weighted by Crippen LogP contribution is -1.90. The van der Waals surface area contributed by atoms with Gasteiger partial charge >= 0.3 is 0 Å². The number of hydrogen-bond acceptors (Lipinski definition) is 2. The highest BCUT2D eigenvalue weighted by Gasteiger charge is 2.07. The van der Waals surface area contributed by atoms with Crippen molar-refractivity contribution < 1.29 is 9.47 Å². The van der Waals surface area contributed by atoms with Crippen LogP contribution in [0.2, 0.25) is 0 Å². The molecule has 0 bridgehead atoms. The zero-order chi connectivity index (χ0) is 12.3. The van der Waals surface area contributed by atoms with Crippen LogP contribution in [0, 0.1) is 3.57 Å². The molecule has 2 nitrogen and oxygen atoms in total. The summed E-state index contributed by atoms with van der Waals surface area (Å²) in [6.45, 7) is 0. The van der Waals surface area contributed by atoms with Crippen molar-refractivity contribution in [2.75, 3.05) is 14.2 Å². The van der Waals surface area contributed by atoms with Crippen LogP contribution in [0.15, 0.2) is 42.5 Å². The van der Waals surface area contributed by atoms with Crippen molar-refractivity contribution in [1.29, 1.82) is 0 Å². The fourth-order valence-electron chi connectivity index (χ4n) is 1.66. The second-order valence-electron chi connectivity index (χ2n) is 3.55. The van der Waals surface area contributed by atoms with Crippen molar-refractivity contribution >= 4 is 22.6 Å². The summed E-state index contributed by atoms with van der Waals surface area (Å²) in [4.78, 5) is 0. The minimum Gasteiger partial charge on any atom is -0.497 e. The molecular weight excluding hydrogens is 327 g/mol. The van der Waals surface area contributed by atoms with Crippen LogP contribution >= 0.6 is 22.6 Å². The molecule has 3 heteroatoms. The van der Waals surface area contributed by atoms with E-state index in [-0.39, 0.29) is 0 Å². The monoisotopic (exact) mass is 340 g/mol. The molecule has 0 aliphatic rings. The van der Waals surface area contributed by atoms with Gasteiger partial charge in [0.05, 0.1) is 17.8 Å². The molecule has 0 aliphatic carbocycles. The molecule has 2 rings (SSSR count). The van der Waals surface area contributed by atoms with Crippen molar-refractivity contribution in [2.24, 2.45) is 0 Å². The summed E-state index contributed by atoms with van der Waals surface area (Å²) in [7, 11) is 3.36. The van der Waals surface area contributed by atoms with Gasteiger partial charge in [-0.1, -0.05) is 24.3 Å². The average molecular weight is 340 g/mol. The maximum atomic E-state index is 5.32. The normalized spacial score (nSPS) is 10.1. The fraction of sp³-hybridized carbons (Fsp3) is 0.143. The topological polar surface area (TPSA) is 18.5 Å². The van der Waals surface area contributed by atoms with Gasteiger partial charge in [-0.05, 0) is 51.9 Å². The first kappa shape index (κ1) is 12.2. The van der Waals surface area contributed by atoms with E-state index in [1.54, 1.807) is 14.2 Å². The minimum atomic E-state index is 0.867. The zero-order valence-electron chi connectivity index (χ0n) is 9.74. The summed E-state index contributed by atoms with van der Waals surface area (Å²) in [6.07, 6.45) is 0. The van der Waals surface area contributed by atoms with E-state index in [1.807, 2.05) is 24.3 Å². The number of halogens is 1. The molecule has 2 aromatic carbocycles. The molecule has 17 heavy (non-hydrogen) atoms. The lowest BCUT2D eigenvalue weighted by Gasteiger charge is -2.09. The average Bonchev–Trinajstić information content (AvgIpc) is 2.39. The summed E-state index contributed by atoms with van der Waals surface area (Å²) in [5.74, 6) is 1.77. The first-order chi connectivity index (χ1) is 8.26. The standard InChI is InChI=1S/C14H13IO2/c1-16-11-8-6-10(7-9-11)12-4-3-5-13(17-2)14(12)15/h3-9H,1-2H3. The van der Waals surface area contributed by atoms with Crippen LogP contribution in [0.3, 0.4) is 0 Å². The van der Waals surface area contributed by atoms with E-state index in [0.717, 1.165) is 20.6 Å². The van der Waals surface area contributed by atoms with Crippen LogP contribution in [0.4, 0.5) is 0 Å². The molecule has 0 unspecified atom stereocenters. The highest BCUT2D eigenvalue weighted by atomic mass is 127. The van der Waals surface area contributed by atoms with Crippen LogP contribution in [0.25, 0.3) is 11.1 Å². The first-order valence-corrected chi connectivity index (χ1v) is 6.31. The fourth-order valence-corrected chi connectivity index (χ4v) is 2.55. The summed E-state index contributed by atoms with van der Waals surface area (Å²) >= 11 is 2.31. The second kappa shape index (κ2) is 5.40. The number of hydrogen-bond donors (Lipinski definition) is 0. The summed E-state index contributed by atoms with van der Waals surface area (Å²) < 4.78 is 11.6. The van der Waals surface area contributed by atoms with Gasteiger partial charge in [0.25, 0.3) is 0 Å². The maximum Gasteiger partial charge on any atom is 0.132 e. The smallest absolute Gasteiger partial charge is 0.132 e. The Hall–Kier alpha value is -1.23. The van der Waals surface area contributed by atoms with Crippen LogP contribution in [-0.2, 0) is 0 Å². The van der Waals surface area contributed by atoms with E-state index in [4.69, 9.17) is 9.47 Å². The van der Waals surface area contributed by atoms with Crippen molar-refractivity contribution in [3.05, 3.63) is 46.0 Å². The molecule has 2 aromatic rings. The molecule has 0 spiro atoms. The molecule has 0 N–H and O–H groups in total. The number of rotatable bonds is 3. The molecule has 0 saturated carbocycles. The Balaban J connectivity index is 2.45. The first-order valence-electron chi connectivity index (χ1n) is 5.23. The summed E-state index contributed by atoms with van der Waals surface area (Å²) in [6, 6.07) is 14.1. The van der Waals surface area contributed by atoms with Gasteiger partial charge < -0.3 is 9.47 Å². The molecule has 0 aromatic heterocycles. The SMILES string of the molecule is COc1ccc(-c2cccc(OC)c2I)cc1. The molecule has 0 atom stereocenters. The van der Waals surface area contributed by atoms with E-state index < -0.39 is 0 Å². The second-order valence-corrected chi connectivity index (χ2v) is 4.63. The minimum absolute atomic E-state index is 0.867. The summed E-state index contributed by atoms with van der Waals surface area (Å²) in [5.41, 5.74) is 2.33. The Kier molecular flexibility index (Phi) is 3.89. The quantitative estimate of drug-likeness (QED) is 0.787. The predicted octanol–water partition coefficient (Wildman–Crippen LogP) is 3.98. The third-order valence-corrected chi connectivity index (χ3v) is 3.70. The molecule has 0 fully saturated rings. The summed E-state index contributed by atoms with van der Waals surface area (Å²) in [5, 5.41) is 0. The third-order valence-electron chi connectivity index (χ3n) is 2.58. The molecule has 0 heterocycles. The Labute approximate surface area is 115 Å². The van der Waals surface area contributed by atoms with E-state index in [2.05, 4.69) is 40.8 Å². The number of ether oxygens (including phenoxy) is 2. The van der Waals surface area contributed by atoms with Crippen LogP contribution in [-0.4, -0.2) is 14.2 Å². The number of benzene rings is 2. The Morgan fingerprint density at radius 2 is 1.59 bits per heavy atom. The van der Waals surface area contributed by atoms with Gasteiger partial charge in [-0.2, -0.15) is 0 Å². The highest BCUT2D eigenvalue weighted by molar-refractivity contribution is 14.1. The van der Waals surface area contributed by atoms with Gasteiger partial charge in [-0.15, -0.1) is 0 Å². The van der Waals surface area contributed by atoms with Gasteiger partial charge in [-0.25, -0.2) is 0 Å². The zero-order valence-corrected chi connectivity index (χ0v) is 11.9. The van der Waals surface area contributed by atoms with Crippen LogP contribution in [0.5, 0.6) is 11.5 Å². The lowest BCUT2D eigenvalue weighted by molar-refractivity contribution is 0.412. The Bertz CT molecular complexity index is 506. The molecule has 0 radical (unpaired) electrons. The largest absolute Gasteiger partial charge is 0.497 e. The van der Waals surface area contributed by atoms with Gasteiger partial charge in [0.1, 0.15) is 11.5 Å². The van der Waals surface area contributed by atoms with Crippen molar-refractivity contribution in [3.8, 4) is 22.6 Å². The Morgan fingerprint density at radius 1 is 0.882 bits per heavy atom. The predicted molar refractivity (Wildman–Crippen MR) is 77.7 cm³/mol. The molecule has 88 valence electrons. The Morgan fingerprint density at radius 3 is 2.18 bits per heavy atom. The van der Waals surface area contributed by atoms with Gasteiger partial charge in [0.2, 0.25) is 0 Å². The molecule has 0 amide bonds. The van der Waals surface area contributed by atoms with Crippen LogP contribution in [0.1, 0.15) is 0 Å². The third kappa shape index (κ3) is 2.54. The van der Waals surface area contributed by atoms with Gasteiger partial charge in [-0.3, -0.25) is 0 Å². The van der Waals surface area contributed by atoms with Crippen molar-refractivity contribution in [1.82, 2.24) is 0 Å². The lowest BCUT2D eigenvalue weighted by atomic mass is 10.1. The van der Waals surface area contributed by atoms with Crippen LogP contribution < -0.4 is 9.47 Å². The van der Waals surface area contributed by atoms with E-state index >= 15 is 0 Å². The van der Waals surface area contributed by atoms with E-state index in [9.17, 15) is 0 Å². The molecule has 0 saturated heterocycles. The maximum absolute atomic E-state index is 5.32. The van der Waals surface area contributed by atoms with Gasteiger partial charge in [0, 0.05) is 0 Å². The molecule has 0 aliphatic heterocycles. The molecular formula is C14H13IO2. The van der Waals surface area contributed by atoms with Crippen molar-refractivity contribution in [2.45, 2.75) is 0 Å². The number of methoxy groups -OCH3 is 2.